The van der Waals surface area contributed by atoms with Gasteiger partial charge in [-0.3, -0.25) is 4.79 Å². The second-order valence-electron chi connectivity index (χ2n) is 6.89. The van der Waals surface area contributed by atoms with E-state index in [1.54, 1.807) is 12.1 Å². The van der Waals surface area contributed by atoms with Gasteiger partial charge in [-0.25, -0.2) is 4.79 Å². The maximum Gasteiger partial charge on any atom is 0.338 e. The highest BCUT2D eigenvalue weighted by atomic mass is 16.5. The number of amides is 1. The molecule has 3 aromatic rings. The van der Waals surface area contributed by atoms with E-state index in [0.717, 1.165) is 16.8 Å². The van der Waals surface area contributed by atoms with Gasteiger partial charge in [-0.2, -0.15) is 0 Å². The molecule has 3 aromatic carbocycles. The molecular formula is C24H24N2O3. The highest BCUT2D eigenvalue weighted by molar-refractivity contribution is 5.96. The minimum Gasteiger partial charge on any atom is -0.452 e. The lowest BCUT2D eigenvalue weighted by atomic mass is 10.00. The minimum absolute atomic E-state index is 0.339. The molecule has 148 valence electrons. The van der Waals surface area contributed by atoms with Crippen LogP contribution in [0.25, 0.3) is 0 Å². The summed E-state index contributed by atoms with van der Waals surface area (Å²) in [4.78, 5) is 26.6. The average molecular weight is 388 g/mol. The number of hydrogen-bond donors (Lipinski definition) is 1. The van der Waals surface area contributed by atoms with E-state index in [2.05, 4.69) is 5.32 Å². The molecule has 0 aromatic heterocycles. The zero-order valence-electron chi connectivity index (χ0n) is 16.6. The molecule has 1 amide bonds. The summed E-state index contributed by atoms with van der Waals surface area (Å²) in [7, 11) is 3.89. The van der Waals surface area contributed by atoms with E-state index in [1.807, 2.05) is 85.7 Å². The molecule has 0 fully saturated rings. The van der Waals surface area contributed by atoms with E-state index in [1.165, 1.54) is 0 Å². The molecule has 5 heteroatoms. The lowest BCUT2D eigenvalue weighted by Gasteiger charge is -2.13. The van der Waals surface area contributed by atoms with Crippen molar-refractivity contribution in [2.24, 2.45) is 0 Å². The number of rotatable bonds is 7. The Hall–Kier alpha value is -3.60. The van der Waals surface area contributed by atoms with Crippen molar-refractivity contribution in [1.29, 1.82) is 0 Å². The summed E-state index contributed by atoms with van der Waals surface area (Å²) < 4.78 is 5.24. The van der Waals surface area contributed by atoms with Gasteiger partial charge in [-0.05, 0) is 47.9 Å². The Balaban J connectivity index is 1.58. The van der Waals surface area contributed by atoms with Crippen LogP contribution in [0.15, 0.2) is 78.9 Å². The van der Waals surface area contributed by atoms with Crippen LogP contribution in [-0.4, -0.2) is 32.6 Å². The summed E-state index contributed by atoms with van der Waals surface area (Å²) in [5.74, 6) is -0.883. The molecule has 0 aliphatic heterocycles. The van der Waals surface area contributed by atoms with Crippen LogP contribution in [0.3, 0.4) is 0 Å². The van der Waals surface area contributed by atoms with Crippen molar-refractivity contribution in [3.63, 3.8) is 0 Å². The molecule has 0 atom stereocenters. The van der Waals surface area contributed by atoms with Crippen LogP contribution < -0.4 is 10.2 Å². The molecule has 0 bridgehead atoms. The third kappa shape index (κ3) is 5.69. The summed E-state index contributed by atoms with van der Waals surface area (Å²) in [6.45, 7) is -0.339. The number of nitrogens with one attached hydrogen (secondary N) is 1. The van der Waals surface area contributed by atoms with Gasteiger partial charge in [0.1, 0.15) is 0 Å². The predicted octanol–water partition coefficient (Wildman–Crippen LogP) is 4.14. The standard InChI is InChI=1S/C24H24N2O3/c1-26(2)21-14-12-20(13-15-21)25-23(27)17-29-24(28)22-11-7-6-10-19(22)16-18-8-4-3-5-9-18/h3-15H,16-17H2,1-2H3,(H,25,27). The molecule has 0 radical (unpaired) electrons. The number of carbonyl (C=O) groups excluding carboxylic acids is 2. The Bertz CT molecular complexity index is 967. The fraction of sp³-hybridized carbons (Fsp3) is 0.167. The van der Waals surface area contributed by atoms with Gasteiger partial charge in [-0.1, -0.05) is 48.5 Å². The number of hydrogen-bond acceptors (Lipinski definition) is 4. The molecule has 0 saturated heterocycles. The Labute approximate surface area is 170 Å². The number of benzene rings is 3. The molecule has 3 rings (SSSR count). The largest absolute Gasteiger partial charge is 0.452 e. The first-order valence-electron chi connectivity index (χ1n) is 9.39. The van der Waals surface area contributed by atoms with Crippen molar-refractivity contribution in [3.05, 3.63) is 95.6 Å². The molecular weight excluding hydrogens is 364 g/mol. The maximum atomic E-state index is 12.5. The van der Waals surface area contributed by atoms with E-state index < -0.39 is 5.97 Å². The molecule has 29 heavy (non-hydrogen) atoms. The highest BCUT2D eigenvalue weighted by Gasteiger charge is 2.14. The molecule has 0 spiro atoms. The van der Waals surface area contributed by atoms with Crippen molar-refractivity contribution >= 4 is 23.3 Å². The molecule has 0 saturated carbocycles. The van der Waals surface area contributed by atoms with Gasteiger partial charge in [0.2, 0.25) is 0 Å². The van der Waals surface area contributed by atoms with E-state index in [9.17, 15) is 9.59 Å². The van der Waals surface area contributed by atoms with Crippen molar-refractivity contribution < 1.29 is 14.3 Å². The van der Waals surface area contributed by atoms with Gasteiger partial charge in [-0.15, -0.1) is 0 Å². The quantitative estimate of drug-likeness (QED) is 0.618. The first-order valence-corrected chi connectivity index (χ1v) is 9.39. The van der Waals surface area contributed by atoms with Crippen LogP contribution in [0.1, 0.15) is 21.5 Å². The maximum absolute atomic E-state index is 12.5. The fourth-order valence-electron chi connectivity index (χ4n) is 2.94. The predicted molar refractivity (Wildman–Crippen MR) is 115 cm³/mol. The Morgan fingerprint density at radius 3 is 2.21 bits per heavy atom. The fourth-order valence-corrected chi connectivity index (χ4v) is 2.94. The van der Waals surface area contributed by atoms with Crippen molar-refractivity contribution in [1.82, 2.24) is 0 Å². The Kier molecular flexibility index (Phi) is 6.63. The van der Waals surface area contributed by atoms with Crippen LogP contribution in [0.5, 0.6) is 0 Å². The van der Waals surface area contributed by atoms with Gasteiger partial charge >= 0.3 is 5.97 Å². The molecule has 0 heterocycles. The molecule has 5 nitrogen and oxygen atoms in total. The van der Waals surface area contributed by atoms with Crippen molar-refractivity contribution in [2.75, 3.05) is 30.9 Å². The molecule has 0 aliphatic carbocycles. The third-order valence-corrected chi connectivity index (χ3v) is 4.48. The van der Waals surface area contributed by atoms with Gasteiger partial charge < -0.3 is 15.0 Å². The number of carbonyl (C=O) groups is 2. The van der Waals surface area contributed by atoms with Crippen LogP contribution in [-0.2, 0) is 16.0 Å². The monoisotopic (exact) mass is 388 g/mol. The average Bonchev–Trinajstić information content (AvgIpc) is 2.73. The number of nitrogens with zero attached hydrogens (tertiary/aromatic N) is 1. The van der Waals surface area contributed by atoms with Gasteiger partial charge in [0, 0.05) is 25.5 Å². The topological polar surface area (TPSA) is 58.6 Å². The number of ether oxygens (including phenoxy) is 1. The molecule has 0 unspecified atom stereocenters. The van der Waals surface area contributed by atoms with Crippen LogP contribution in [0, 0.1) is 0 Å². The third-order valence-electron chi connectivity index (χ3n) is 4.48. The lowest BCUT2D eigenvalue weighted by molar-refractivity contribution is -0.119. The second kappa shape index (κ2) is 9.55. The summed E-state index contributed by atoms with van der Waals surface area (Å²) in [5.41, 5.74) is 4.13. The van der Waals surface area contributed by atoms with E-state index in [-0.39, 0.29) is 12.5 Å². The summed E-state index contributed by atoms with van der Waals surface area (Å²) in [5, 5.41) is 2.73. The van der Waals surface area contributed by atoms with Crippen LogP contribution in [0.2, 0.25) is 0 Å². The Morgan fingerprint density at radius 1 is 0.862 bits per heavy atom. The van der Waals surface area contributed by atoms with Crippen molar-refractivity contribution in [2.45, 2.75) is 6.42 Å². The van der Waals surface area contributed by atoms with Crippen molar-refractivity contribution in [3.8, 4) is 0 Å². The number of anilines is 2. The molecule has 0 aliphatic rings. The lowest BCUT2D eigenvalue weighted by Crippen LogP contribution is -2.21. The van der Waals surface area contributed by atoms with E-state index in [4.69, 9.17) is 4.74 Å². The molecule has 1 N–H and O–H groups in total. The van der Waals surface area contributed by atoms with E-state index in [0.29, 0.717) is 17.7 Å². The normalized spacial score (nSPS) is 10.3. The first kappa shape index (κ1) is 20.1. The zero-order valence-corrected chi connectivity index (χ0v) is 16.6. The van der Waals surface area contributed by atoms with Crippen LogP contribution >= 0.6 is 0 Å². The number of esters is 1. The second-order valence-corrected chi connectivity index (χ2v) is 6.89. The van der Waals surface area contributed by atoms with Gasteiger partial charge in [0.05, 0.1) is 5.56 Å². The minimum atomic E-state index is -0.505. The smallest absolute Gasteiger partial charge is 0.338 e. The van der Waals surface area contributed by atoms with Gasteiger partial charge in [0.25, 0.3) is 5.91 Å². The Morgan fingerprint density at radius 2 is 1.52 bits per heavy atom. The summed E-state index contributed by atoms with van der Waals surface area (Å²) in [6.07, 6.45) is 0.622. The van der Waals surface area contributed by atoms with Crippen LogP contribution in [0.4, 0.5) is 11.4 Å². The first-order chi connectivity index (χ1) is 14.0. The highest BCUT2D eigenvalue weighted by Crippen LogP contribution is 2.17. The zero-order chi connectivity index (χ0) is 20.6. The SMILES string of the molecule is CN(C)c1ccc(NC(=O)COC(=O)c2ccccc2Cc2ccccc2)cc1. The summed E-state index contributed by atoms with van der Waals surface area (Å²) in [6, 6.07) is 24.6. The van der Waals surface area contributed by atoms with E-state index >= 15 is 0 Å². The van der Waals surface area contributed by atoms with Gasteiger partial charge in [0.15, 0.2) is 6.61 Å². The summed E-state index contributed by atoms with van der Waals surface area (Å²) >= 11 is 0.